The van der Waals surface area contributed by atoms with Crippen LogP contribution in [0.3, 0.4) is 0 Å². The summed E-state index contributed by atoms with van der Waals surface area (Å²) in [6.45, 7) is 0.965. The van der Waals surface area contributed by atoms with Gasteiger partial charge in [-0.1, -0.05) is 28.1 Å². The third-order valence-electron chi connectivity index (χ3n) is 3.66. The molecule has 0 spiro atoms. The molecule has 1 N–H and O–H groups in total. The van der Waals surface area contributed by atoms with Gasteiger partial charge in [0, 0.05) is 17.1 Å². The van der Waals surface area contributed by atoms with E-state index >= 15 is 0 Å². The van der Waals surface area contributed by atoms with E-state index in [-0.39, 0.29) is 0 Å². The van der Waals surface area contributed by atoms with Crippen molar-refractivity contribution in [2.24, 2.45) is 0 Å². The van der Waals surface area contributed by atoms with Crippen LogP contribution in [0, 0.1) is 0 Å². The van der Waals surface area contributed by atoms with Gasteiger partial charge in [-0.15, -0.1) is 0 Å². The third kappa shape index (κ3) is 4.08. The molecule has 0 amide bonds. The average molecular weight is 312 g/mol. The van der Waals surface area contributed by atoms with Crippen molar-refractivity contribution in [1.29, 1.82) is 0 Å². The normalized spacial score (nSPS) is 21.1. The highest BCUT2D eigenvalue weighted by molar-refractivity contribution is 9.10. The summed E-state index contributed by atoms with van der Waals surface area (Å²) in [7, 11) is 2.04. The van der Waals surface area contributed by atoms with Gasteiger partial charge >= 0.3 is 0 Å². The Morgan fingerprint density at radius 1 is 1.39 bits per heavy atom. The van der Waals surface area contributed by atoms with Crippen LogP contribution in [-0.4, -0.2) is 19.8 Å². The molecule has 1 saturated heterocycles. The summed E-state index contributed by atoms with van der Waals surface area (Å²) in [5, 5.41) is 3.41. The van der Waals surface area contributed by atoms with Gasteiger partial charge in [0.25, 0.3) is 0 Å². The van der Waals surface area contributed by atoms with Crippen molar-refractivity contribution in [3.8, 4) is 0 Å². The van der Waals surface area contributed by atoms with Gasteiger partial charge in [0.05, 0.1) is 6.10 Å². The molecule has 2 unspecified atom stereocenters. The molecule has 100 valence electrons. The highest BCUT2D eigenvalue weighted by atomic mass is 79.9. The zero-order valence-electron chi connectivity index (χ0n) is 11.0. The first kappa shape index (κ1) is 14.0. The lowest BCUT2D eigenvalue weighted by atomic mass is 9.99. The zero-order chi connectivity index (χ0) is 12.8. The minimum absolute atomic E-state index is 0.458. The summed E-state index contributed by atoms with van der Waals surface area (Å²) in [4.78, 5) is 0. The molecule has 2 nitrogen and oxygen atoms in total. The zero-order valence-corrected chi connectivity index (χ0v) is 12.6. The lowest BCUT2D eigenvalue weighted by molar-refractivity contribution is 0.101. The molecule has 3 heteroatoms. The van der Waals surface area contributed by atoms with E-state index in [1.807, 2.05) is 7.05 Å². The Hall–Kier alpha value is -0.380. The molecule has 18 heavy (non-hydrogen) atoms. The molecule has 1 aliphatic heterocycles. The lowest BCUT2D eigenvalue weighted by Gasteiger charge is -2.17. The molecular formula is C15H22BrNO. The molecular weight excluding hydrogens is 290 g/mol. The van der Waals surface area contributed by atoms with Crippen molar-refractivity contribution in [2.45, 2.75) is 44.2 Å². The van der Waals surface area contributed by atoms with Crippen LogP contribution in [0.1, 0.15) is 43.7 Å². The number of ether oxygens (including phenoxy) is 1. The molecule has 0 aliphatic carbocycles. The van der Waals surface area contributed by atoms with Crippen molar-refractivity contribution in [3.05, 3.63) is 34.3 Å². The van der Waals surface area contributed by atoms with Gasteiger partial charge in [-0.05, 0) is 56.8 Å². The van der Waals surface area contributed by atoms with Crippen LogP contribution < -0.4 is 5.32 Å². The van der Waals surface area contributed by atoms with Crippen LogP contribution in [0.25, 0.3) is 0 Å². The van der Waals surface area contributed by atoms with Crippen LogP contribution in [-0.2, 0) is 4.74 Å². The monoisotopic (exact) mass is 311 g/mol. The molecule has 0 bridgehead atoms. The molecule has 1 aromatic rings. The highest BCUT2D eigenvalue weighted by Gasteiger charge is 2.16. The first-order valence-electron chi connectivity index (χ1n) is 6.84. The molecule has 1 aliphatic rings. The fraction of sp³-hybridized carbons (Fsp3) is 0.600. The van der Waals surface area contributed by atoms with Gasteiger partial charge < -0.3 is 10.1 Å². The van der Waals surface area contributed by atoms with Crippen molar-refractivity contribution < 1.29 is 4.74 Å². The first-order chi connectivity index (χ1) is 8.79. The largest absolute Gasteiger partial charge is 0.378 e. The van der Waals surface area contributed by atoms with E-state index in [0.717, 1.165) is 11.1 Å². The topological polar surface area (TPSA) is 21.3 Å². The second kappa shape index (κ2) is 7.27. The quantitative estimate of drug-likeness (QED) is 0.855. The molecule has 1 heterocycles. The van der Waals surface area contributed by atoms with Crippen LogP contribution in [0.15, 0.2) is 28.7 Å². The van der Waals surface area contributed by atoms with E-state index in [2.05, 4.69) is 45.5 Å². The molecule has 0 radical (unpaired) electrons. The van der Waals surface area contributed by atoms with Gasteiger partial charge in [-0.3, -0.25) is 0 Å². The smallest absolute Gasteiger partial charge is 0.0576 e. The van der Waals surface area contributed by atoms with Crippen molar-refractivity contribution >= 4 is 15.9 Å². The second-order valence-electron chi connectivity index (χ2n) is 4.96. The van der Waals surface area contributed by atoms with E-state index in [4.69, 9.17) is 4.74 Å². The van der Waals surface area contributed by atoms with Crippen LogP contribution in [0.5, 0.6) is 0 Å². The SMILES string of the molecule is CNC(CCCC1CCCO1)c1ccc(Br)cc1. The molecule has 1 aromatic carbocycles. The summed E-state index contributed by atoms with van der Waals surface area (Å²) in [5.74, 6) is 0. The highest BCUT2D eigenvalue weighted by Crippen LogP contribution is 2.24. The van der Waals surface area contributed by atoms with E-state index in [9.17, 15) is 0 Å². The summed E-state index contributed by atoms with van der Waals surface area (Å²) >= 11 is 3.48. The van der Waals surface area contributed by atoms with Crippen LogP contribution in [0.4, 0.5) is 0 Å². The number of hydrogen-bond acceptors (Lipinski definition) is 2. The number of rotatable bonds is 6. The fourth-order valence-electron chi connectivity index (χ4n) is 2.59. The van der Waals surface area contributed by atoms with Gasteiger partial charge in [-0.25, -0.2) is 0 Å². The van der Waals surface area contributed by atoms with Gasteiger partial charge in [0.2, 0.25) is 0 Å². The maximum atomic E-state index is 5.66. The van der Waals surface area contributed by atoms with Crippen LogP contribution >= 0.6 is 15.9 Å². The van der Waals surface area contributed by atoms with E-state index in [0.29, 0.717) is 12.1 Å². The lowest BCUT2D eigenvalue weighted by Crippen LogP contribution is -2.17. The predicted octanol–water partition coefficient (Wildman–Crippen LogP) is 4.06. The Bertz CT molecular complexity index is 346. The summed E-state index contributed by atoms with van der Waals surface area (Å²) in [6.07, 6.45) is 6.63. The van der Waals surface area contributed by atoms with E-state index < -0.39 is 0 Å². The van der Waals surface area contributed by atoms with E-state index in [1.165, 1.54) is 37.7 Å². The Labute approximate surface area is 118 Å². The number of hydrogen-bond donors (Lipinski definition) is 1. The Kier molecular flexibility index (Phi) is 5.67. The van der Waals surface area contributed by atoms with Crippen molar-refractivity contribution in [1.82, 2.24) is 5.32 Å². The Balaban J connectivity index is 1.79. The Morgan fingerprint density at radius 2 is 2.17 bits per heavy atom. The fourth-order valence-corrected chi connectivity index (χ4v) is 2.86. The predicted molar refractivity (Wildman–Crippen MR) is 78.8 cm³/mol. The molecule has 0 aromatic heterocycles. The maximum absolute atomic E-state index is 5.66. The van der Waals surface area contributed by atoms with E-state index in [1.54, 1.807) is 0 Å². The van der Waals surface area contributed by atoms with Crippen molar-refractivity contribution in [3.63, 3.8) is 0 Å². The second-order valence-corrected chi connectivity index (χ2v) is 5.87. The standard InChI is InChI=1S/C15H22BrNO/c1-17-15(12-7-9-13(16)10-8-12)6-2-4-14-5-3-11-18-14/h7-10,14-15,17H,2-6,11H2,1H3. The number of halogens is 1. The summed E-state index contributed by atoms with van der Waals surface area (Å²) in [6, 6.07) is 9.06. The molecule has 1 fully saturated rings. The van der Waals surface area contributed by atoms with Gasteiger partial charge in [0.15, 0.2) is 0 Å². The molecule has 2 atom stereocenters. The van der Waals surface area contributed by atoms with Crippen molar-refractivity contribution in [2.75, 3.05) is 13.7 Å². The number of benzene rings is 1. The molecule has 0 saturated carbocycles. The minimum atomic E-state index is 0.458. The first-order valence-corrected chi connectivity index (χ1v) is 7.63. The van der Waals surface area contributed by atoms with Gasteiger partial charge in [0.1, 0.15) is 0 Å². The third-order valence-corrected chi connectivity index (χ3v) is 4.19. The minimum Gasteiger partial charge on any atom is -0.378 e. The van der Waals surface area contributed by atoms with Crippen LogP contribution in [0.2, 0.25) is 0 Å². The summed E-state index contributed by atoms with van der Waals surface area (Å²) in [5.41, 5.74) is 1.37. The summed E-state index contributed by atoms with van der Waals surface area (Å²) < 4.78 is 6.80. The average Bonchev–Trinajstić information content (AvgIpc) is 2.89. The van der Waals surface area contributed by atoms with Gasteiger partial charge in [-0.2, -0.15) is 0 Å². The Morgan fingerprint density at radius 3 is 2.78 bits per heavy atom. The molecule has 2 rings (SSSR count). The number of nitrogens with one attached hydrogen (secondary N) is 1. The maximum Gasteiger partial charge on any atom is 0.0576 e.